The second-order valence-corrected chi connectivity index (χ2v) is 8.59. The number of nitrogens with one attached hydrogen (secondary N) is 1. The Morgan fingerprint density at radius 3 is 2.27 bits per heavy atom. The van der Waals surface area contributed by atoms with Gasteiger partial charge in [0.15, 0.2) is 0 Å². The summed E-state index contributed by atoms with van der Waals surface area (Å²) in [6.07, 6.45) is 11.1. The van der Waals surface area contributed by atoms with Crippen LogP contribution in [0.3, 0.4) is 0 Å². The molecule has 0 bridgehead atoms. The summed E-state index contributed by atoms with van der Waals surface area (Å²) in [4.78, 5) is 17.0. The number of likely N-dealkylation sites (tertiary alicyclic amines) is 1. The van der Waals surface area contributed by atoms with Gasteiger partial charge in [0.05, 0.1) is 0 Å². The summed E-state index contributed by atoms with van der Waals surface area (Å²) >= 11 is 0. The van der Waals surface area contributed by atoms with Gasteiger partial charge in [0.1, 0.15) is 0 Å². The van der Waals surface area contributed by atoms with E-state index in [0.717, 1.165) is 24.7 Å². The molecule has 2 heterocycles. The van der Waals surface area contributed by atoms with Gasteiger partial charge in [-0.25, -0.2) is 0 Å². The Hall–Kier alpha value is -1.55. The van der Waals surface area contributed by atoms with Crippen molar-refractivity contribution in [3.05, 3.63) is 29.8 Å². The molecule has 4 heteroatoms. The lowest BCUT2D eigenvalue weighted by atomic mass is 9.72. The van der Waals surface area contributed by atoms with Gasteiger partial charge < -0.3 is 15.1 Å². The van der Waals surface area contributed by atoms with Gasteiger partial charge in [-0.2, -0.15) is 0 Å². The third-order valence-electron chi connectivity index (χ3n) is 7.22. The number of carbonyl (C=O) groups excluding carboxylic acids is 1. The highest BCUT2D eigenvalue weighted by molar-refractivity contribution is 5.94. The van der Waals surface area contributed by atoms with Crippen LogP contribution in [0.15, 0.2) is 24.3 Å². The third-order valence-corrected chi connectivity index (χ3v) is 7.22. The van der Waals surface area contributed by atoms with Gasteiger partial charge in [-0.1, -0.05) is 6.42 Å². The van der Waals surface area contributed by atoms with E-state index in [9.17, 15) is 4.79 Å². The van der Waals surface area contributed by atoms with E-state index in [1.807, 2.05) is 12.1 Å². The van der Waals surface area contributed by atoms with Crippen LogP contribution in [0, 0.1) is 5.41 Å². The van der Waals surface area contributed by atoms with Gasteiger partial charge in [0.2, 0.25) is 0 Å². The number of anilines is 1. The first-order valence-corrected chi connectivity index (χ1v) is 10.5. The summed E-state index contributed by atoms with van der Waals surface area (Å²) in [6, 6.07) is 9.04. The van der Waals surface area contributed by atoms with Gasteiger partial charge in [-0.15, -0.1) is 0 Å². The zero-order valence-electron chi connectivity index (χ0n) is 16.2. The second-order valence-electron chi connectivity index (χ2n) is 8.59. The number of benzene rings is 1. The molecule has 26 heavy (non-hydrogen) atoms. The summed E-state index contributed by atoms with van der Waals surface area (Å²) in [6.45, 7) is 4.95. The van der Waals surface area contributed by atoms with Gasteiger partial charge in [-0.3, -0.25) is 4.79 Å². The van der Waals surface area contributed by atoms with Crippen LogP contribution in [0.4, 0.5) is 5.69 Å². The molecule has 1 N–H and O–H groups in total. The van der Waals surface area contributed by atoms with Crippen LogP contribution in [0.1, 0.15) is 61.7 Å². The average molecular weight is 356 g/mol. The number of rotatable bonds is 3. The quantitative estimate of drug-likeness (QED) is 0.898. The molecular formula is C22H33N3O. The van der Waals surface area contributed by atoms with Crippen molar-refractivity contribution in [2.24, 2.45) is 5.41 Å². The van der Waals surface area contributed by atoms with Gasteiger partial charge >= 0.3 is 0 Å². The lowest BCUT2D eigenvalue weighted by Gasteiger charge is -2.46. The standard InChI is InChI=1S/C22H33N3O/c1-23-21(26)18-6-8-20(9-7-18)24-14-3-10-22(11-15-24)12-16-25(17-13-22)19-4-2-5-19/h6-9,19H,2-5,10-17H2,1H3,(H,23,26). The monoisotopic (exact) mass is 355 g/mol. The van der Waals surface area contributed by atoms with Crippen molar-refractivity contribution in [3.8, 4) is 0 Å². The number of hydrogen-bond donors (Lipinski definition) is 1. The van der Waals surface area contributed by atoms with E-state index in [1.54, 1.807) is 7.05 Å². The van der Waals surface area contributed by atoms with Crippen molar-refractivity contribution in [2.75, 3.05) is 38.1 Å². The minimum atomic E-state index is -0.00964. The van der Waals surface area contributed by atoms with E-state index in [2.05, 4.69) is 27.2 Å². The molecule has 0 atom stereocenters. The second kappa shape index (κ2) is 7.59. The van der Waals surface area contributed by atoms with Crippen molar-refractivity contribution in [1.29, 1.82) is 0 Å². The van der Waals surface area contributed by atoms with Crippen molar-refractivity contribution < 1.29 is 4.79 Å². The van der Waals surface area contributed by atoms with Crippen LogP contribution in [-0.4, -0.2) is 50.1 Å². The minimum Gasteiger partial charge on any atom is -0.372 e. The molecule has 0 aromatic heterocycles. The van der Waals surface area contributed by atoms with Crippen molar-refractivity contribution in [2.45, 2.75) is 57.4 Å². The molecule has 1 saturated carbocycles. The maximum absolute atomic E-state index is 11.7. The van der Waals surface area contributed by atoms with Crippen LogP contribution in [-0.2, 0) is 0 Å². The van der Waals surface area contributed by atoms with E-state index in [0.29, 0.717) is 5.41 Å². The van der Waals surface area contributed by atoms with Crippen LogP contribution in [0.5, 0.6) is 0 Å². The normalized spacial score (nSPS) is 24.1. The van der Waals surface area contributed by atoms with E-state index in [4.69, 9.17) is 0 Å². The summed E-state index contributed by atoms with van der Waals surface area (Å²) < 4.78 is 0. The van der Waals surface area contributed by atoms with E-state index < -0.39 is 0 Å². The Morgan fingerprint density at radius 2 is 1.65 bits per heavy atom. The first-order valence-electron chi connectivity index (χ1n) is 10.5. The zero-order chi connectivity index (χ0) is 18.0. The molecule has 4 nitrogen and oxygen atoms in total. The molecule has 1 aromatic carbocycles. The fourth-order valence-electron chi connectivity index (χ4n) is 5.10. The predicted molar refractivity (Wildman–Crippen MR) is 107 cm³/mol. The molecule has 0 unspecified atom stereocenters. The summed E-state index contributed by atoms with van der Waals surface area (Å²) in [5.74, 6) is -0.00964. The SMILES string of the molecule is CNC(=O)c1ccc(N2CCCC3(CC2)CCN(C2CCC2)CC3)cc1. The molecule has 1 amide bonds. The Labute approximate surface area is 157 Å². The average Bonchev–Trinajstić information content (AvgIpc) is 2.85. The third kappa shape index (κ3) is 3.62. The minimum absolute atomic E-state index is 0.00964. The van der Waals surface area contributed by atoms with Crippen molar-refractivity contribution in [1.82, 2.24) is 10.2 Å². The maximum Gasteiger partial charge on any atom is 0.251 e. The number of piperidine rings is 1. The van der Waals surface area contributed by atoms with Gasteiger partial charge in [0.25, 0.3) is 5.91 Å². The number of amides is 1. The maximum atomic E-state index is 11.7. The highest BCUT2D eigenvalue weighted by Crippen LogP contribution is 2.43. The number of carbonyl (C=O) groups is 1. The predicted octanol–water partition coefficient (Wildman–Crippen LogP) is 3.67. The molecule has 1 aliphatic carbocycles. The molecule has 3 aliphatic rings. The lowest BCUT2D eigenvalue weighted by Crippen LogP contribution is -2.48. The van der Waals surface area contributed by atoms with Gasteiger partial charge in [-0.05, 0) is 87.7 Å². The smallest absolute Gasteiger partial charge is 0.251 e. The highest BCUT2D eigenvalue weighted by atomic mass is 16.1. The number of nitrogens with zero attached hydrogens (tertiary/aromatic N) is 2. The zero-order valence-corrected chi connectivity index (χ0v) is 16.2. The molecular weight excluding hydrogens is 322 g/mol. The lowest BCUT2D eigenvalue weighted by molar-refractivity contribution is 0.0371. The Bertz CT molecular complexity index is 615. The highest BCUT2D eigenvalue weighted by Gasteiger charge is 2.38. The Morgan fingerprint density at radius 1 is 0.962 bits per heavy atom. The largest absolute Gasteiger partial charge is 0.372 e. The van der Waals surface area contributed by atoms with E-state index in [-0.39, 0.29) is 5.91 Å². The summed E-state index contributed by atoms with van der Waals surface area (Å²) in [7, 11) is 1.68. The molecule has 4 rings (SSSR count). The first-order chi connectivity index (χ1) is 12.7. The molecule has 0 radical (unpaired) electrons. The molecule has 2 aliphatic heterocycles. The molecule has 3 fully saturated rings. The van der Waals surface area contributed by atoms with E-state index >= 15 is 0 Å². The topological polar surface area (TPSA) is 35.6 Å². The van der Waals surface area contributed by atoms with Crippen molar-refractivity contribution in [3.63, 3.8) is 0 Å². The van der Waals surface area contributed by atoms with Crippen LogP contribution in [0.25, 0.3) is 0 Å². The Balaban J connectivity index is 1.35. The van der Waals surface area contributed by atoms with Crippen LogP contribution < -0.4 is 10.2 Å². The summed E-state index contributed by atoms with van der Waals surface area (Å²) in [5, 5.41) is 2.69. The van der Waals surface area contributed by atoms with E-state index in [1.165, 1.54) is 70.1 Å². The van der Waals surface area contributed by atoms with Crippen LogP contribution in [0.2, 0.25) is 0 Å². The first kappa shape index (κ1) is 17.8. The fourth-order valence-corrected chi connectivity index (χ4v) is 5.10. The summed E-state index contributed by atoms with van der Waals surface area (Å²) in [5.41, 5.74) is 2.59. The molecule has 142 valence electrons. The molecule has 2 saturated heterocycles. The van der Waals surface area contributed by atoms with Crippen molar-refractivity contribution >= 4 is 11.6 Å². The van der Waals surface area contributed by atoms with Crippen LogP contribution >= 0.6 is 0 Å². The number of hydrogen-bond acceptors (Lipinski definition) is 3. The van der Waals surface area contributed by atoms with Gasteiger partial charge in [0, 0.05) is 37.4 Å². The molecule has 1 aromatic rings. The Kier molecular flexibility index (Phi) is 5.21. The fraction of sp³-hybridized carbons (Fsp3) is 0.682. The molecule has 1 spiro atoms.